The van der Waals surface area contributed by atoms with Gasteiger partial charge in [0.2, 0.25) is 0 Å². The molecular formula is C22H20F3N2O3-. The first-order valence-corrected chi connectivity index (χ1v) is 9.73. The van der Waals surface area contributed by atoms with Gasteiger partial charge >= 0.3 is 12.1 Å². The van der Waals surface area contributed by atoms with Crippen molar-refractivity contribution in [3.05, 3.63) is 58.2 Å². The Labute approximate surface area is 171 Å². The Hall–Kier alpha value is -3.03. The standard InChI is InChI=1S/C22H21F3N2O3/c1-12-3-2-4-13-9-15-10-16(26-21(30)22(23,24)25)5-6-17(15)27-8-7-14(20(28)29)11-18(27)19(12)13/h2-4,7,9,11,16-17H,5-6,8,10H2,1H3,(H,26,30)(H,28,29)/p-1. The minimum Gasteiger partial charge on any atom is -0.545 e. The number of rotatable bonds is 2. The number of aliphatic carboxylic acids is 1. The molecule has 2 heterocycles. The largest absolute Gasteiger partial charge is 0.545 e. The van der Waals surface area contributed by atoms with Gasteiger partial charge in [-0.25, -0.2) is 0 Å². The zero-order chi connectivity index (χ0) is 21.6. The van der Waals surface area contributed by atoms with Gasteiger partial charge in [0.05, 0.1) is 12.0 Å². The molecule has 4 rings (SSSR count). The fourth-order valence-electron chi connectivity index (χ4n) is 4.57. The van der Waals surface area contributed by atoms with E-state index in [1.54, 1.807) is 12.2 Å². The molecule has 0 bridgehead atoms. The molecule has 1 N–H and O–H groups in total. The van der Waals surface area contributed by atoms with Crippen LogP contribution in [0.1, 0.15) is 36.0 Å². The van der Waals surface area contributed by atoms with Crippen LogP contribution in [0.15, 0.2) is 41.5 Å². The molecule has 1 aromatic rings. The number of nitrogens with one attached hydrogen (secondary N) is 1. The van der Waals surface area contributed by atoms with Crippen LogP contribution in [0.3, 0.4) is 0 Å². The van der Waals surface area contributed by atoms with E-state index in [1.165, 1.54) is 0 Å². The van der Waals surface area contributed by atoms with E-state index in [0.717, 1.165) is 28.0 Å². The summed E-state index contributed by atoms with van der Waals surface area (Å²) in [6, 6.07) is 5.06. The molecule has 2 aliphatic heterocycles. The number of aryl methyl sites for hydroxylation is 1. The van der Waals surface area contributed by atoms with Gasteiger partial charge in [-0.15, -0.1) is 0 Å². The van der Waals surface area contributed by atoms with Crippen molar-refractivity contribution in [1.29, 1.82) is 0 Å². The maximum absolute atomic E-state index is 12.7. The first-order chi connectivity index (χ1) is 14.1. The maximum atomic E-state index is 12.7. The molecule has 0 spiro atoms. The number of hydrogen-bond acceptors (Lipinski definition) is 4. The van der Waals surface area contributed by atoms with Crippen molar-refractivity contribution >= 4 is 23.6 Å². The highest BCUT2D eigenvalue weighted by Gasteiger charge is 2.41. The lowest BCUT2D eigenvalue weighted by molar-refractivity contribution is -0.298. The average molecular weight is 417 g/mol. The van der Waals surface area contributed by atoms with Crippen LogP contribution < -0.4 is 10.4 Å². The van der Waals surface area contributed by atoms with Crippen molar-refractivity contribution in [2.45, 2.75) is 44.4 Å². The summed E-state index contributed by atoms with van der Waals surface area (Å²) in [4.78, 5) is 24.9. The van der Waals surface area contributed by atoms with Gasteiger partial charge < -0.3 is 20.1 Å². The second kappa shape index (κ2) is 7.34. The van der Waals surface area contributed by atoms with Crippen LogP contribution in [0.4, 0.5) is 13.2 Å². The molecule has 158 valence electrons. The van der Waals surface area contributed by atoms with Crippen molar-refractivity contribution in [2.75, 3.05) is 6.54 Å². The lowest BCUT2D eigenvalue weighted by atomic mass is 9.84. The van der Waals surface area contributed by atoms with Gasteiger partial charge in [0.25, 0.3) is 0 Å². The minimum absolute atomic E-state index is 0.0818. The lowest BCUT2D eigenvalue weighted by Gasteiger charge is -2.41. The van der Waals surface area contributed by atoms with Crippen molar-refractivity contribution in [3.63, 3.8) is 0 Å². The number of halogens is 3. The van der Waals surface area contributed by atoms with E-state index < -0.39 is 24.1 Å². The number of carbonyl (C=O) groups excluding carboxylic acids is 2. The van der Waals surface area contributed by atoms with Gasteiger partial charge in [-0.1, -0.05) is 30.4 Å². The third-order valence-electron chi connectivity index (χ3n) is 5.91. The molecule has 1 fully saturated rings. The lowest BCUT2D eigenvalue weighted by Crippen LogP contribution is -2.48. The summed E-state index contributed by atoms with van der Waals surface area (Å²) in [6.45, 7) is 2.30. The highest BCUT2D eigenvalue weighted by atomic mass is 19.4. The maximum Gasteiger partial charge on any atom is 0.471 e. The molecule has 1 saturated carbocycles. The Bertz CT molecular complexity index is 1010. The van der Waals surface area contributed by atoms with Gasteiger partial charge in [-0.3, -0.25) is 4.79 Å². The van der Waals surface area contributed by atoms with Crippen LogP contribution in [0.2, 0.25) is 0 Å². The SMILES string of the molecule is Cc1cccc2c1C1=CC(C(=O)[O-])=CCN1C1CCC(NC(=O)C(F)(F)F)CC1=C2. The number of nitrogens with zero attached hydrogens (tertiary/aromatic N) is 1. The summed E-state index contributed by atoms with van der Waals surface area (Å²) < 4.78 is 38.0. The zero-order valence-electron chi connectivity index (χ0n) is 16.3. The van der Waals surface area contributed by atoms with Gasteiger partial charge in [0.1, 0.15) is 0 Å². The number of carbonyl (C=O) groups is 2. The fourth-order valence-corrected chi connectivity index (χ4v) is 4.57. The van der Waals surface area contributed by atoms with Gasteiger partial charge in [0.15, 0.2) is 0 Å². The molecule has 2 atom stereocenters. The van der Waals surface area contributed by atoms with Crippen LogP contribution in [-0.4, -0.2) is 41.6 Å². The molecule has 0 aromatic heterocycles. The predicted octanol–water partition coefficient (Wildman–Crippen LogP) is 2.32. The van der Waals surface area contributed by atoms with E-state index in [1.807, 2.05) is 31.2 Å². The van der Waals surface area contributed by atoms with Crippen molar-refractivity contribution in [3.8, 4) is 0 Å². The average Bonchev–Trinajstić information content (AvgIpc) is 2.81. The molecule has 8 heteroatoms. The van der Waals surface area contributed by atoms with Crippen LogP contribution in [0, 0.1) is 6.92 Å². The summed E-state index contributed by atoms with van der Waals surface area (Å²) in [6.07, 6.45) is 1.52. The molecule has 0 radical (unpaired) electrons. The van der Waals surface area contributed by atoms with Crippen LogP contribution in [0.25, 0.3) is 11.8 Å². The summed E-state index contributed by atoms with van der Waals surface area (Å²) in [5.74, 6) is -3.16. The Kier molecular flexibility index (Phi) is 4.95. The summed E-state index contributed by atoms with van der Waals surface area (Å²) in [7, 11) is 0. The Morgan fingerprint density at radius 3 is 2.67 bits per heavy atom. The second-order valence-electron chi connectivity index (χ2n) is 7.85. The molecule has 0 saturated heterocycles. The number of carboxylic acids is 1. The van der Waals surface area contributed by atoms with Crippen LogP contribution in [0.5, 0.6) is 0 Å². The predicted molar refractivity (Wildman–Crippen MR) is 103 cm³/mol. The summed E-state index contributed by atoms with van der Waals surface area (Å²) >= 11 is 0. The molecule has 1 aromatic carbocycles. The van der Waals surface area contributed by atoms with E-state index in [-0.39, 0.29) is 11.6 Å². The highest BCUT2D eigenvalue weighted by Crippen LogP contribution is 2.41. The van der Waals surface area contributed by atoms with Gasteiger partial charge in [0, 0.05) is 23.8 Å². The van der Waals surface area contributed by atoms with Crippen molar-refractivity contribution in [1.82, 2.24) is 10.2 Å². The Balaban J connectivity index is 1.72. The number of hydrogen-bond donors (Lipinski definition) is 1. The highest BCUT2D eigenvalue weighted by molar-refractivity contribution is 5.93. The molecule has 3 aliphatic rings. The minimum atomic E-state index is -4.91. The Morgan fingerprint density at radius 1 is 1.20 bits per heavy atom. The van der Waals surface area contributed by atoms with Crippen LogP contribution >= 0.6 is 0 Å². The molecular weight excluding hydrogens is 397 g/mol. The van der Waals surface area contributed by atoms with E-state index in [0.29, 0.717) is 25.8 Å². The molecule has 1 amide bonds. The smallest absolute Gasteiger partial charge is 0.471 e. The van der Waals surface area contributed by atoms with Crippen molar-refractivity contribution < 1.29 is 27.9 Å². The monoisotopic (exact) mass is 417 g/mol. The normalized spacial score (nSPS) is 23.1. The fraction of sp³-hybridized carbons (Fsp3) is 0.364. The molecule has 30 heavy (non-hydrogen) atoms. The van der Waals surface area contributed by atoms with Gasteiger partial charge in [-0.05, 0) is 54.5 Å². The number of fused-ring (bicyclic) bond motifs is 5. The number of benzene rings is 1. The van der Waals surface area contributed by atoms with Crippen molar-refractivity contribution in [2.24, 2.45) is 0 Å². The number of amides is 1. The molecule has 2 unspecified atom stereocenters. The molecule has 5 nitrogen and oxygen atoms in total. The summed E-state index contributed by atoms with van der Waals surface area (Å²) in [5.41, 5.74) is 4.58. The van der Waals surface area contributed by atoms with E-state index in [4.69, 9.17) is 0 Å². The Morgan fingerprint density at radius 2 is 1.97 bits per heavy atom. The third kappa shape index (κ3) is 3.62. The van der Waals surface area contributed by atoms with E-state index >= 15 is 0 Å². The van der Waals surface area contributed by atoms with Gasteiger partial charge in [-0.2, -0.15) is 13.2 Å². The quantitative estimate of drug-likeness (QED) is 0.802. The first-order valence-electron chi connectivity index (χ1n) is 9.73. The topological polar surface area (TPSA) is 72.5 Å². The summed E-state index contributed by atoms with van der Waals surface area (Å²) in [5, 5.41) is 13.5. The van der Waals surface area contributed by atoms with E-state index in [9.17, 15) is 27.9 Å². The first kappa shape index (κ1) is 20.3. The number of carboxylic acid groups (broad SMARTS) is 1. The third-order valence-corrected chi connectivity index (χ3v) is 5.91. The second-order valence-corrected chi connectivity index (χ2v) is 7.85. The van der Waals surface area contributed by atoms with E-state index in [2.05, 4.69) is 10.2 Å². The van der Waals surface area contributed by atoms with Crippen LogP contribution in [-0.2, 0) is 9.59 Å². The zero-order valence-corrected chi connectivity index (χ0v) is 16.3. The number of alkyl halides is 3. The molecule has 1 aliphatic carbocycles.